The maximum atomic E-state index is 2.99. The van der Waals surface area contributed by atoms with E-state index in [-0.39, 0.29) is 0 Å². The third kappa shape index (κ3) is 8.87. The summed E-state index contributed by atoms with van der Waals surface area (Å²) >= 11 is 8.96. The second kappa shape index (κ2) is 3.44. The molecule has 0 spiro atoms. The molecule has 0 bridgehead atoms. The molecule has 0 rings (SSSR count). The molecule has 0 aliphatic rings. The minimum absolute atomic E-state index is 0.903. The van der Waals surface area contributed by atoms with Crippen LogP contribution in [0.2, 0.25) is 0 Å². The molecule has 0 aliphatic heterocycles. The zero-order chi connectivity index (χ0) is 3.58. The van der Waals surface area contributed by atoms with Crippen molar-refractivity contribution in [2.24, 2.45) is 0 Å². The van der Waals surface area contributed by atoms with Crippen LogP contribution in [0.4, 0.5) is 0 Å². The van der Waals surface area contributed by atoms with Gasteiger partial charge in [0.25, 0.3) is 0 Å². The predicted octanol–water partition coefficient (Wildman–Crippen LogP) is -1.14. The van der Waals surface area contributed by atoms with Gasteiger partial charge >= 0.3 is 47.8 Å². The summed E-state index contributed by atoms with van der Waals surface area (Å²) in [6.07, 6.45) is 0. The van der Waals surface area contributed by atoms with Crippen molar-refractivity contribution >= 4 is 38.4 Å². The zero-order valence-electron chi connectivity index (χ0n) is 1.63. The molecule has 0 aromatic heterocycles. The topological polar surface area (TPSA) is 0 Å². The normalized spacial score (nSPS) is 6.00. The van der Waals surface area contributed by atoms with Gasteiger partial charge in [-0.2, -0.15) is 0 Å². The summed E-state index contributed by atoms with van der Waals surface area (Å²) in [7, 11) is -0.903. The molecule has 4 heteroatoms. The van der Waals surface area contributed by atoms with Gasteiger partial charge in [0.15, 0.2) is 0 Å². The summed E-state index contributed by atoms with van der Waals surface area (Å²) < 4.78 is 0. The molecule has 0 fully saturated rings. The van der Waals surface area contributed by atoms with Crippen molar-refractivity contribution in [3.05, 3.63) is 0 Å². The van der Waals surface area contributed by atoms with Crippen LogP contribution in [0.5, 0.6) is 0 Å². The monoisotopic (exact) mass is 424 g/mol. The maximum absolute atomic E-state index is 2.99. The average molecular weight is 421 g/mol. The second-order valence-corrected chi connectivity index (χ2v) is 45.1. The minimum atomic E-state index is -0.903. The van der Waals surface area contributed by atoms with E-state index in [1.54, 1.807) is 0 Å². The van der Waals surface area contributed by atoms with Crippen LogP contribution in [0.3, 0.4) is 0 Å². The van der Waals surface area contributed by atoms with Gasteiger partial charge in [-0.1, -0.05) is 0 Å². The molecule has 0 aliphatic carbocycles. The Morgan fingerprint density at radius 2 is 1.00 bits per heavy atom. The number of hydrogen-bond donors (Lipinski definition) is 0. The molecule has 0 radical (unpaired) electrons. The van der Waals surface area contributed by atoms with Crippen molar-refractivity contribution in [3.63, 3.8) is 0 Å². The van der Waals surface area contributed by atoms with Crippen LogP contribution in [-0.4, -0.2) is 38.4 Å². The first-order valence-electron chi connectivity index (χ1n) is 0.500. The SMILES string of the molecule is [Se]=[W](=[Se])=[Se]. The van der Waals surface area contributed by atoms with E-state index in [4.69, 9.17) is 0 Å². The first-order chi connectivity index (χ1) is 1.73. The van der Waals surface area contributed by atoms with Crippen molar-refractivity contribution in [2.45, 2.75) is 0 Å². The van der Waals surface area contributed by atoms with E-state index in [2.05, 4.69) is 38.4 Å². The molecule has 4 heavy (non-hydrogen) atoms. The van der Waals surface area contributed by atoms with Crippen molar-refractivity contribution in [1.82, 2.24) is 0 Å². The van der Waals surface area contributed by atoms with Crippen LogP contribution in [-0.2, 0) is 9.37 Å². The Labute approximate surface area is 47.1 Å². The van der Waals surface area contributed by atoms with Gasteiger partial charge < -0.3 is 0 Å². The van der Waals surface area contributed by atoms with E-state index >= 15 is 0 Å². The molecule has 0 atom stereocenters. The van der Waals surface area contributed by atoms with Crippen molar-refractivity contribution < 1.29 is 9.37 Å². The molecular formula is Se3W. The third-order valence-electron chi connectivity index (χ3n) is 0. The van der Waals surface area contributed by atoms with Crippen LogP contribution in [0.15, 0.2) is 0 Å². The van der Waals surface area contributed by atoms with Crippen LogP contribution >= 0.6 is 0 Å². The molecule has 0 saturated heterocycles. The standard InChI is InChI=1S/3Se.W. The quantitative estimate of drug-likeness (QED) is 0.435. The van der Waals surface area contributed by atoms with Gasteiger partial charge in [-0.15, -0.1) is 0 Å². The van der Waals surface area contributed by atoms with Gasteiger partial charge in [-0.05, 0) is 0 Å². The Bertz CT molecular complexity index is 72.7. The van der Waals surface area contributed by atoms with Crippen LogP contribution in [0.1, 0.15) is 0 Å². The molecule has 0 aromatic rings. The van der Waals surface area contributed by atoms with Crippen molar-refractivity contribution in [1.29, 1.82) is 0 Å². The van der Waals surface area contributed by atoms with Crippen molar-refractivity contribution in [3.8, 4) is 0 Å². The van der Waals surface area contributed by atoms with Gasteiger partial charge in [-0.25, -0.2) is 0 Å². The Hall–Kier alpha value is 2.25. The zero-order valence-corrected chi connectivity index (χ0v) is 9.71. The molecule has 0 aromatic carbocycles. The molecule has 24 valence electrons. The van der Waals surface area contributed by atoms with E-state index in [1.165, 1.54) is 0 Å². The molecule has 0 amide bonds. The molecule has 0 saturated carbocycles. The van der Waals surface area contributed by atoms with Crippen LogP contribution in [0, 0.1) is 0 Å². The Morgan fingerprint density at radius 1 is 1.00 bits per heavy atom. The summed E-state index contributed by atoms with van der Waals surface area (Å²) in [5, 5.41) is 0. The second-order valence-electron chi connectivity index (χ2n) is 0.204. The van der Waals surface area contributed by atoms with Gasteiger partial charge in [0.2, 0.25) is 0 Å². The molecule has 0 nitrogen and oxygen atoms in total. The summed E-state index contributed by atoms with van der Waals surface area (Å²) in [5.74, 6) is 0. The van der Waals surface area contributed by atoms with Gasteiger partial charge in [0.05, 0.1) is 0 Å². The summed E-state index contributed by atoms with van der Waals surface area (Å²) in [6.45, 7) is 0. The first kappa shape index (κ1) is 6.25. The fraction of sp³-hybridized carbons (Fsp3) is 0. The van der Waals surface area contributed by atoms with Gasteiger partial charge in [-0.3, -0.25) is 0 Å². The van der Waals surface area contributed by atoms with Crippen molar-refractivity contribution in [2.75, 3.05) is 0 Å². The summed E-state index contributed by atoms with van der Waals surface area (Å²) in [4.78, 5) is 0. The molecule has 0 heterocycles. The van der Waals surface area contributed by atoms with E-state index in [9.17, 15) is 0 Å². The fourth-order valence-electron chi connectivity index (χ4n) is 0. The summed E-state index contributed by atoms with van der Waals surface area (Å²) in [6, 6.07) is 0. The Kier molecular flexibility index (Phi) is 5.37. The molecular weight excluding hydrogens is 421 g/mol. The van der Waals surface area contributed by atoms with E-state index < -0.39 is 9.37 Å². The molecule has 0 unspecified atom stereocenters. The average Bonchev–Trinajstić information content (AvgIpc) is 0.811. The number of rotatable bonds is 0. The van der Waals surface area contributed by atoms with E-state index in [0.29, 0.717) is 0 Å². The van der Waals surface area contributed by atoms with E-state index in [1.807, 2.05) is 0 Å². The molecule has 0 N–H and O–H groups in total. The van der Waals surface area contributed by atoms with Gasteiger partial charge in [0.1, 0.15) is 0 Å². The van der Waals surface area contributed by atoms with Crippen LogP contribution < -0.4 is 0 Å². The van der Waals surface area contributed by atoms with Gasteiger partial charge in [0, 0.05) is 0 Å². The number of hydrogen-bond acceptors (Lipinski definition) is 0. The predicted molar refractivity (Wildman–Crippen MR) is 17.3 cm³/mol. The first-order valence-corrected chi connectivity index (χ1v) is 21.3. The van der Waals surface area contributed by atoms with E-state index in [0.717, 1.165) is 0 Å². The summed E-state index contributed by atoms with van der Waals surface area (Å²) in [5.41, 5.74) is 0. The Balaban J connectivity index is 4.65. The van der Waals surface area contributed by atoms with Crippen LogP contribution in [0.25, 0.3) is 0 Å². The Morgan fingerprint density at radius 3 is 1.00 bits per heavy atom. The fourth-order valence-corrected chi connectivity index (χ4v) is 0. The third-order valence-corrected chi connectivity index (χ3v) is 0.